The molecule has 0 aliphatic rings. The van der Waals surface area contributed by atoms with Crippen LogP contribution < -0.4 is 0 Å². The average Bonchev–Trinajstić information content (AvgIpc) is 2.17. The summed E-state index contributed by atoms with van der Waals surface area (Å²) in [5.41, 5.74) is 2.98. The predicted molar refractivity (Wildman–Crippen MR) is 68.6 cm³/mol. The molecule has 0 aliphatic carbocycles. The molecule has 0 heterocycles. The van der Waals surface area contributed by atoms with Gasteiger partial charge in [0.05, 0.1) is 14.7 Å². The summed E-state index contributed by atoms with van der Waals surface area (Å²) < 4.78 is 5.30. The van der Waals surface area contributed by atoms with Gasteiger partial charge in [0.15, 0.2) is 0 Å². The van der Waals surface area contributed by atoms with Crippen molar-refractivity contribution in [1.82, 2.24) is 0 Å². The highest BCUT2D eigenvalue weighted by molar-refractivity contribution is 6.81. The Hall–Kier alpha value is -0.603. The third kappa shape index (κ3) is 4.18. The second kappa shape index (κ2) is 5.47. The molecule has 1 radical (unpaired) electrons. The molecule has 15 heavy (non-hydrogen) atoms. The molecule has 0 atom stereocenters. The van der Waals surface area contributed by atoms with Crippen LogP contribution in [0.2, 0.25) is 19.6 Å². The van der Waals surface area contributed by atoms with Gasteiger partial charge < -0.3 is 4.74 Å². The van der Waals surface area contributed by atoms with Crippen molar-refractivity contribution in [3.8, 4) is 0 Å². The lowest BCUT2D eigenvalue weighted by molar-refractivity contribution is 0.215. The molecule has 0 N–H and O–H groups in total. The predicted octanol–water partition coefficient (Wildman–Crippen LogP) is 3.33. The van der Waals surface area contributed by atoms with E-state index >= 15 is 0 Å². The molecule has 1 aromatic carbocycles. The molecule has 1 nitrogen and oxygen atoms in total. The van der Waals surface area contributed by atoms with Gasteiger partial charge in [-0.3, -0.25) is 0 Å². The first kappa shape index (κ1) is 12.5. The summed E-state index contributed by atoms with van der Waals surface area (Å²) >= 11 is 0. The lowest BCUT2D eigenvalue weighted by Crippen LogP contribution is -2.35. The van der Waals surface area contributed by atoms with Gasteiger partial charge in [0, 0.05) is 7.11 Å². The lowest BCUT2D eigenvalue weighted by Gasteiger charge is -2.27. The molecule has 1 rings (SSSR count). The second-order valence-electron chi connectivity index (χ2n) is 4.95. The van der Waals surface area contributed by atoms with Gasteiger partial charge in [0.1, 0.15) is 0 Å². The van der Waals surface area contributed by atoms with Crippen LogP contribution in [-0.2, 0) is 11.2 Å². The van der Waals surface area contributed by atoms with Gasteiger partial charge in [-0.1, -0.05) is 50.0 Å². The molecule has 0 amide bonds. The Kier molecular flexibility index (Phi) is 4.55. The zero-order chi connectivity index (χ0) is 11.3. The number of ether oxygens (including phenoxy) is 1. The number of hydrogen-bond donors (Lipinski definition) is 0. The van der Waals surface area contributed by atoms with E-state index in [2.05, 4.69) is 50.0 Å². The zero-order valence-corrected chi connectivity index (χ0v) is 11.2. The molecule has 1 aromatic rings. The summed E-state index contributed by atoms with van der Waals surface area (Å²) in [6.45, 7) is 7.95. The van der Waals surface area contributed by atoms with E-state index in [9.17, 15) is 0 Å². The van der Waals surface area contributed by atoms with Crippen molar-refractivity contribution in [2.45, 2.75) is 26.1 Å². The van der Waals surface area contributed by atoms with Gasteiger partial charge in [0.2, 0.25) is 0 Å². The van der Waals surface area contributed by atoms with Crippen LogP contribution in [-0.4, -0.2) is 21.8 Å². The van der Waals surface area contributed by atoms with Gasteiger partial charge in [-0.15, -0.1) is 0 Å². The van der Waals surface area contributed by atoms with E-state index in [-0.39, 0.29) is 0 Å². The van der Waals surface area contributed by atoms with Crippen molar-refractivity contribution < 1.29 is 4.74 Å². The molecule has 83 valence electrons. The molecular weight excluding hydrogens is 200 g/mol. The molecule has 0 saturated heterocycles. The molecule has 0 bridgehead atoms. The van der Waals surface area contributed by atoms with E-state index in [1.54, 1.807) is 12.7 Å². The fourth-order valence-electron chi connectivity index (χ4n) is 1.55. The fourth-order valence-corrected chi connectivity index (χ4v) is 2.86. The highest BCUT2D eigenvalue weighted by Gasteiger charge is 2.27. The summed E-state index contributed by atoms with van der Waals surface area (Å²) in [4.78, 5) is 0. The van der Waals surface area contributed by atoms with Crippen LogP contribution in [0, 0.1) is 5.54 Å². The Morgan fingerprint density at radius 2 is 1.73 bits per heavy atom. The van der Waals surface area contributed by atoms with Gasteiger partial charge in [-0.2, -0.15) is 0 Å². The van der Waals surface area contributed by atoms with Crippen LogP contribution >= 0.6 is 0 Å². The normalized spacial score (nSPS) is 12.1. The van der Waals surface area contributed by atoms with Crippen molar-refractivity contribution in [2.24, 2.45) is 0 Å². The van der Waals surface area contributed by atoms with Crippen LogP contribution in [0.15, 0.2) is 30.3 Å². The molecule has 0 aliphatic heterocycles. The number of rotatable bonds is 5. The fraction of sp³-hybridized carbons (Fsp3) is 0.462. The highest BCUT2D eigenvalue weighted by atomic mass is 28.3. The van der Waals surface area contributed by atoms with E-state index in [4.69, 9.17) is 4.74 Å². The van der Waals surface area contributed by atoms with Crippen molar-refractivity contribution in [2.75, 3.05) is 13.7 Å². The van der Waals surface area contributed by atoms with Crippen molar-refractivity contribution in [3.05, 3.63) is 41.4 Å². The quantitative estimate of drug-likeness (QED) is 0.693. The molecule has 2 heteroatoms. The lowest BCUT2D eigenvalue weighted by atomic mass is 10.1. The van der Waals surface area contributed by atoms with Gasteiger partial charge in [-0.25, -0.2) is 0 Å². The first-order valence-corrected chi connectivity index (χ1v) is 8.92. The van der Waals surface area contributed by atoms with Crippen LogP contribution in [0.1, 0.15) is 5.56 Å². The molecule has 0 spiro atoms. The summed E-state index contributed by atoms with van der Waals surface area (Å²) in [6, 6.07) is 10.6. The Morgan fingerprint density at radius 1 is 1.13 bits per heavy atom. The molecular formula is C13H21OSi. The zero-order valence-electron chi connectivity index (χ0n) is 10.2. The summed E-state index contributed by atoms with van der Waals surface area (Å²) in [6.07, 6.45) is 1.07. The number of hydrogen-bond acceptors (Lipinski definition) is 1. The largest absolute Gasteiger partial charge is 0.384 e. The van der Waals surface area contributed by atoms with Gasteiger partial charge in [-0.05, 0) is 17.5 Å². The molecule has 0 aromatic heterocycles. The molecule has 0 fully saturated rings. The SMILES string of the molecule is COC[C](Cc1ccccc1)[Si](C)(C)C. The van der Waals surface area contributed by atoms with Crippen LogP contribution in [0.3, 0.4) is 0 Å². The maximum atomic E-state index is 5.30. The van der Waals surface area contributed by atoms with E-state index in [1.165, 1.54) is 5.56 Å². The maximum Gasteiger partial charge on any atom is 0.0543 e. The summed E-state index contributed by atoms with van der Waals surface area (Å²) in [7, 11) is 0.584. The van der Waals surface area contributed by atoms with E-state index in [1.807, 2.05) is 0 Å². The van der Waals surface area contributed by atoms with E-state index < -0.39 is 8.07 Å². The van der Waals surface area contributed by atoms with Crippen LogP contribution in [0.5, 0.6) is 0 Å². The topological polar surface area (TPSA) is 9.23 Å². The standard InChI is InChI=1S/C13H21OSi/c1-14-11-13(15(2,3)4)10-12-8-6-5-7-9-12/h5-9H,10-11H2,1-4H3. The van der Waals surface area contributed by atoms with Crippen LogP contribution in [0.25, 0.3) is 0 Å². The average molecular weight is 221 g/mol. The van der Waals surface area contributed by atoms with Crippen molar-refractivity contribution >= 4 is 8.07 Å². The van der Waals surface area contributed by atoms with Crippen LogP contribution in [0.4, 0.5) is 0 Å². The minimum atomic E-state index is -1.20. The van der Waals surface area contributed by atoms with E-state index in [0.717, 1.165) is 13.0 Å². The third-order valence-electron chi connectivity index (χ3n) is 2.64. The first-order valence-electron chi connectivity index (χ1n) is 5.42. The monoisotopic (exact) mass is 221 g/mol. The van der Waals surface area contributed by atoms with Crippen molar-refractivity contribution in [3.63, 3.8) is 0 Å². The maximum absolute atomic E-state index is 5.30. The van der Waals surface area contributed by atoms with Gasteiger partial charge in [0.25, 0.3) is 0 Å². The summed E-state index contributed by atoms with van der Waals surface area (Å²) in [5.74, 6) is 0. The Morgan fingerprint density at radius 3 is 2.20 bits per heavy atom. The number of methoxy groups -OCH3 is 1. The smallest absolute Gasteiger partial charge is 0.0543 e. The highest BCUT2D eigenvalue weighted by Crippen LogP contribution is 2.22. The minimum Gasteiger partial charge on any atom is -0.384 e. The summed E-state index contributed by atoms with van der Waals surface area (Å²) in [5, 5.41) is 0. The minimum absolute atomic E-state index is 0.810. The van der Waals surface area contributed by atoms with Crippen molar-refractivity contribution in [1.29, 1.82) is 0 Å². The van der Waals surface area contributed by atoms with Gasteiger partial charge >= 0.3 is 0 Å². The third-order valence-corrected chi connectivity index (χ3v) is 5.08. The van der Waals surface area contributed by atoms with E-state index in [0.29, 0.717) is 0 Å². The second-order valence-corrected chi connectivity index (χ2v) is 10.2. The Balaban J connectivity index is 2.67. The molecule has 0 saturated carbocycles. The Bertz CT molecular complexity index is 276. The first-order chi connectivity index (χ1) is 7.04. The Labute approximate surface area is 94.5 Å². The molecule has 0 unspecified atom stereocenters. The number of benzene rings is 1.